The van der Waals surface area contributed by atoms with Gasteiger partial charge in [0.1, 0.15) is 5.76 Å². The summed E-state index contributed by atoms with van der Waals surface area (Å²) >= 11 is 0. The first-order chi connectivity index (χ1) is 8.62. The molecule has 0 bridgehead atoms. The molecule has 1 aliphatic carbocycles. The second-order valence-electron chi connectivity index (χ2n) is 5.32. The molecule has 1 heterocycles. The molecule has 1 N–H and O–H groups in total. The summed E-state index contributed by atoms with van der Waals surface area (Å²) in [7, 11) is 0. The van der Waals surface area contributed by atoms with Crippen LogP contribution in [0.2, 0.25) is 0 Å². The van der Waals surface area contributed by atoms with E-state index in [9.17, 15) is 9.90 Å². The Labute approximate surface area is 108 Å². The molecule has 1 amide bonds. The van der Waals surface area contributed by atoms with Gasteiger partial charge in [0.15, 0.2) is 0 Å². The maximum Gasteiger partial charge on any atom is 0.246 e. The fraction of sp³-hybridized carbons (Fsp3) is 0.533. The maximum absolute atomic E-state index is 12.0. The predicted octanol–water partition coefficient (Wildman–Crippen LogP) is 2.96. The topological polar surface area (TPSA) is 40.5 Å². The zero-order chi connectivity index (χ0) is 13.0. The van der Waals surface area contributed by atoms with Crippen molar-refractivity contribution in [3.63, 3.8) is 0 Å². The Morgan fingerprint density at radius 2 is 2.11 bits per heavy atom. The summed E-state index contributed by atoms with van der Waals surface area (Å²) in [6, 6.07) is 0. The number of amides is 1. The lowest BCUT2D eigenvalue weighted by molar-refractivity contribution is -0.126. The molecule has 0 aromatic rings. The van der Waals surface area contributed by atoms with E-state index in [1.807, 2.05) is 30.1 Å². The second-order valence-corrected chi connectivity index (χ2v) is 5.32. The van der Waals surface area contributed by atoms with Crippen LogP contribution in [0, 0.1) is 5.41 Å². The largest absolute Gasteiger partial charge is 0.511 e. The number of hydrogen-bond acceptors (Lipinski definition) is 2. The van der Waals surface area contributed by atoms with Crippen LogP contribution in [0.5, 0.6) is 0 Å². The molecule has 1 fully saturated rings. The van der Waals surface area contributed by atoms with Crippen molar-refractivity contribution >= 4 is 5.91 Å². The zero-order valence-electron chi connectivity index (χ0n) is 10.9. The summed E-state index contributed by atoms with van der Waals surface area (Å²) in [5.74, 6) is 0.394. The van der Waals surface area contributed by atoms with Crippen LogP contribution in [0.4, 0.5) is 0 Å². The van der Waals surface area contributed by atoms with Crippen molar-refractivity contribution in [2.24, 2.45) is 5.41 Å². The van der Waals surface area contributed by atoms with E-state index in [1.165, 1.54) is 6.42 Å². The van der Waals surface area contributed by atoms with E-state index in [1.54, 1.807) is 12.2 Å². The molecular weight excluding hydrogens is 226 g/mol. The molecule has 1 unspecified atom stereocenters. The van der Waals surface area contributed by atoms with E-state index in [0.717, 1.165) is 32.4 Å². The van der Waals surface area contributed by atoms with Gasteiger partial charge in [-0.15, -0.1) is 0 Å². The van der Waals surface area contributed by atoms with Gasteiger partial charge in [0.05, 0.1) is 0 Å². The highest BCUT2D eigenvalue weighted by atomic mass is 16.3. The normalized spacial score (nSPS) is 28.5. The van der Waals surface area contributed by atoms with Crippen LogP contribution in [0.25, 0.3) is 0 Å². The lowest BCUT2D eigenvalue weighted by Gasteiger charge is -2.28. The average molecular weight is 247 g/mol. The smallest absolute Gasteiger partial charge is 0.246 e. The molecule has 0 saturated carbocycles. The molecule has 0 spiro atoms. The van der Waals surface area contributed by atoms with Gasteiger partial charge in [-0.3, -0.25) is 4.79 Å². The van der Waals surface area contributed by atoms with Gasteiger partial charge in [0.2, 0.25) is 5.91 Å². The summed E-state index contributed by atoms with van der Waals surface area (Å²) < 4.78 is 0. The van der Waals surface area contributed by atoms with Crippen LogP contribution >= 0.6 is 0 Å². The third-order valence-corrected chi connectivity index (χ3v) is 3.78. The van der Waals surface area contributed by atoms with Crippen molar-refractivity contribution in [2.45, 2.75) is 32.6 Å². The standard InChI is InChI=1S/C15H21NO2/c1-15(9-4-3-7-13(15)17)10-8-14(18)16-11-5-2-6-12-16/h3-4,7-8,10,17H,2,5-6,9,11-12H2,1H3/b10-8+. The maximum atomic E-state index is 12.0. The fourth-order valence-electron chi connectivity index (χ4n) is 2.40. The van der Waals surface area contributed by atoms with E-state index in [4.69, 9.17) is 0 Å². The number of aliphatic hydroxyl groups is 1. The van der Waals surface area contributed by atoms with Crippen molar-refractivity contribution in [1.29, 1.82) is 0 Å². The Morgan fingerprint density at radius 3 is 2.78 bits per heavy atom. The van der Waals surface area contributed by atoms with Gasteiger partial charge in [-0.25, -0.2) is 0 Å². The Morgan fingerprint density at radius 1 is 1.39 bits per heavy atom. The molecule has 0 radical (unpaired) electrons. The van der Waals surface area contributed by atoms with Crippen LogP contribution < -0.4 is 0 Å². The van der Waals surface area contributed by atoms with E-state index in [0.29, 0.717) is 5.76 Å². The number of carbonyl (C=O) groups excluding carboxylic acids is 1. The number of aliphatic hydroxyl groups excluding tert-OH is 1. The van der Waals surface area contributed by atoms with Crippen molar-refractivity contribution in [1.82, 2.24) is 4.90 Å². The summed E-state index contributed by atoms with van der Waals surface area (Å²) in [6.45, 7) is 3.67. The Bertz CT molecular complexity index is 403. The summed E-state index contributed by atoms with van der Waals surface area (Å²) in [6.07, 6.45) is 13.2. The number of carbonyl (C=O) groups is 1. The van der Waals surface area contributed by atoms with Gasteiger partial charge in [-0.05, 0) is 38.7 Å². The molecular formula is C15H21NO2. The second kappa shape index (κ2) is 5.42. The van der Waals surface area contributed by atoms with E-state index >= 15 is 0 Å². The van der Waals surface area contributed by atoms with Gasteiger partial charge >= 0.3 is 0 Å². The minimum absolute atomic E-state index is 0.0679. The fourth-order valence-corrected chi connectivity index (χ4v) is 2.40. The molecule has 3 nitrogen and oxygen atoms in total. The van der Waals surface area contributed by atoms with Crippen LogP contribution in [-0.2, 0) is 4.79 Å². The van der Waals surface area contributed by atoms with Crippen molar-refractivity contribution in [2.75, 3.05) is 13.1 Å². The van der Waals surface area contributed by atoms with E-state index in [-0.39, 0.29) is 5.91 Å². The minimum atomic E-state index is -0.430. The lowest BCUT2D eigenvalue weighted by atomic mass is 9.81. The highest BCUT2D eigenvalue weighted by molar-refractivity contribution is 5.87. The Balaban J connectivity index is 1.99. The molecule has 1 atom stereocenters. The third-order valence-electron chi connectivity index (χ3n) is 3.78. The van der Waals surface area contributed by atoms with Crippen LogP contribution in [0.3, 0.4) is 0 Å². The molecule has 18 heavy (non-hydrogen) atoms. The molecule has 2 aliphatic rings. The number of allylic oxidation sites excluding steroid dienone is 4. The van der Waals surface area contributed by atoms with Crippen molar-refractivity contribution < 1.29 is 9.90 Å². The van der Waals surface area contributed by atoms with E-state index < -0.39 is 5.41 Å². The Kier molecular flexibility index (Phi) is 3.90. The van der Waals surface area contributed by atoms with Gasteiger partial charge in [0.25, 0.3) is 0 Å². The highest BCUT2D eigenvalue weighted by Gasteiger charge is 2.27. The first kappa shape index (κ1) is 12.9. The molecule has 0 aromatic carbocycles. The highest BCUT2D eigenvalue weighted by Crippen LogP contribution is 2.34. The van der Waals surface area contributed by atoms with Crippen LogP contribution in [-0.4, -0.2) is 29.0 Å². The predicted molar refractivity (Wildman–Crippen MR) is 72.1 cm³/mol. The quantitative estimate of drug-likeness (QED) is 0.762. The lowest BCUT2D eigenvalue weighted by Crippen LogP contribution is -2.34. The molecule has 3 heteroatoms. The van der Waals surface area contributed by atoms with Crippen LogP contribution in [0.1, 0.15) is 32.6 Å². The number of hydrogen-bond donors (Lipinski definition) is 1. The third kappa shape index (κ3) is 2.84. The van der Waals surface area contributed by atoms with Crippen molar-refractivity contribution in [3.05, 3.63) is 36.1 Å². The monoisotopic (exact) mass is 247 g/mol. The summed E-state index contributed by atoms with van der Waals surface area (Å²) in [4.78, 5) is 13.9. The van der Waals surface area contributed by atoms with Gasteiger partial charge in [0, 0.05) is 24.6 Å². The number of nitrogens with zero attached hydrogens (tertiary/aromatic N) is 1. The Hall–Kier alpha value is -1.51. The number of piperidine rings is 1. The summed E-state index contributed by atoms with van der Waals surface area (Å²) in [5, 5.41) is 9.89. The van der Waals surface area contributed by atoms with Gasteiger partial charge in [-0.2, -0.15) is 0 Å². The van der Waals surface area contributed by atoms with Gasteiger partial charge in [-0.1, -0.05) is 18.2 Å². The van der Waals surface area contributed by atoms with Gasteiger partial charge < -0.3 is 10.0 Å². The molecule has 1 saturated heterocycles. The van der Waals surface area contributed by atoms with E-state index in [2.05, 4.69) is 0 Å². The minimum Gasteiger partial charge on any atom is -0.511 e. The summed E-state index contributed by atoms with van der Waals surface area (Å²) in [5.41, 5.74) is -0.430. The average Bonchev–Trinajstić information content (AvgIpc) is 2.41. The van der Waals surface area contributed by atoms with Crippen molar-refractivity contribution in [3.8, 4) is 0 Å². The van der Waals surface area contributed by atoms with Crippen LogP contribution in [0.15, 0.2) is 36.1 Å². The zero-order valence-corrected chi connectivity index (χ0v) is 10.9. The molecule has 98 valence electrons. The molecule has 2 rings (SSSR count). The first-order valence-corrected chi connectivity index (χ1v) is 6.66. The SMILES string of the molecule is CC1(/C=C/C(=O)N2CCCCC2)CC=CC=C1O. The first-order valence-electron chi connectivity index (χ1n) is 6.66. The molecule has 1 aliphatic heterocycles. The number of likely N-dealkylation sites (tertiary alicyclic amines) is 1. The molecule has 0 aromatic heterocycles. The number of rotatable bonds is 2.